The maximum absolute atomic E-state index is 11.2. The van der Waals surface area contributed by atoms with Crippen LogP contribution >= 0.6 is 12.2 Å². The molecule has 0 saturated heterocycles. The summed E-state index contributed by atoms with van der Waals surface area (Å²) in [5.41, 5.74) is 1.51. The molecule has 0 unspecified atom stereocenters. The van der Waals surface area contributed by atoms with E-state index in [9.17, 15) is 19.8 Å². The second kappa shape index (κ2) is 14.8. The molecule has 0 saturated carbocycles. The Hall–Kier alpha value is -2.23. The zero-order valence-corrected chi connectivity index (χ0v) is 19.2. The molecule has 9 nitrogen and oxygen atoms in total. The van der Waals surface area contributed by atoms with E-state index >= 15 is 0 Å². The Morgan fingerprint density at radius 1 is 0.906 bits per heavy atom. The first-order chi connectivity index (χ1) is 15.5. The molecule has 0 aromatic carbocycles. The van der Waals surface area contributed by atoms with Crippen molar-refractivity contribution in [3.8, 4) is 0 Å². The summed E-state index contributed by atoms with van der Waals surface area (Å²) < 4.78 is 0. The van der Waals surface area contributed by atoms with Gasteiger partial charge in [-0.05, 0) is 43.7 Å². The summed E-state index contributed by atoms with van der Waals surface area (Å²) in [4.78, 5) is 36.9. The Labute approximate surface area is 194 Å². The fourth-order valence-electron chi connectivity index (χ4n) is 3.78. The Morgan fingerprint density at radius 3 is 1.97 bits per heavy atom. The Bertz CT molecular complexity index is 742. The number of nitrogens with zero attached hydrogens (tertiary/aromatic N) is 5. The van der Waals surface area contributed by atoms with E-state index in [1.54, 1.807) is 0 Å². The molecule has 0 radical (unpaired) electrons. The molecule has 1 aliphatic rings. The molecule has 0 atom stereocenters. The summed E-state index contributed by atoms with van der Waals surface area (Å²) in [6.45, 7) is 4.53. The number of carboxylic acid groups (broad SMARTS) is 2. The van der Waals surface area contributed by atoms with Crippen molar-refractivity contribution < 1.29 is 19.8 Å². The summed E-state index contributed by atoms with van der Waals surface area (Å²) in [5.74, 6) is -2.22. The number of rotatable bonds is 11. The molecule has 2 rings (SSSR count). The third-order valence-electron chi connectivity index (χ3n) is 5.36. The van der Waals surface area contributed by atoms with Crippen molar-refractivity contribution in [3.63, 3.8) is 0 Å². The summed E-state index contributed by atoms with van der Waals surface area (Å²) in [5, 5.41) is 24.9. The van der Waals surface area contributed by atoms with Crippen molar-refractivity contribution in [3.05, 3.63) is 29.6 Å². The van der Waals surface area contributed by atoms with Crippen molar-refractivity contribution in [1.82, 2.24) is 19.7 Å². The summed E-state index contributed by atoms with van der Waals surface area (Å²) in [7, 11) is 0. The van der Waals surface area contributed by atoms with Crippen LogP contribution in [0.4, 0.5) is 0 Å². The molecule has 0 fully saturated rings. The number of hydrogen-bond acceptors (Lipinski definition) is 10. The number of pyridine rings is 1. The normalized spacial score (nSPS) is 16.5. The van der Waals surface area contributed by atoms with Crippen molar-refractivity contribution in [2.75, 3.05) is 52.4 Å². The van der Waals surface area contributed by atoms with Crippen LogP contribution in [0.1, 0.15) is 37.1 Å². The number of carbonyl (C=O) groups excluding carboxylic acids is 2. The fraction of sp³-hybridized carbons (Fsp3) is 0.636. The van der Waals surface area contributed by atoms with Gasteiger partial charge in [-0.25, -0.2) is 4.99 Å². The number of aliphatic imine (C=N–C) groups is 1. The number of thiocarbonyl (C=S) groups is 1. The van der Waals surface area contributed by atoms with Crippen LogP contribution in [0.2, 0.25) is 0 Å². The van der Waals surface area contributed by atoms with E-state index in [4.69, 9.17) is 0 Å². The van der Waals surface area contributed by atoms with Crippen molar-refractivity contribution in [1.29, 1.82) is 0 Å². The van der Waals surface area contributed by atoms with Gasteiger partial charge in [0.05, 0.1) is 28.5 Å². The van der Waals surface area contributed by atoms with E-state index in [1.165, 1.54) is 0 Å². The van der Waals surface area contributed by atoms with Crippen LogP contribution in [0.3, 0.4) is 0 Å². The van der Waals surface area contributed by atoms with Gasteiger partial charge in [0.15, 0.2) is 0 Å². The fourth-order valence-corrected chi connectivity index (χ4v) is 3.87. The third kappa shape index (κ3) is 10.9. The van der Waals surface area contributed by atoms with Crippen molar-refractivity contribution in [2.45, 2.75) is 38.8 Å². The van der Waals surface area contributed by atoms with Crippen LogP contribution in [-0.2, 0) is 22.7 Å². The van der Waals surface area contributed by atoms with Crippen LogP contribution in [0.5, 0.6) is 0 Å². The van der Waals surface area contributed by atoms with E-state index in [1.807, 2.05) is 28.0 Å². The third-order valence-corrected chi connectivity index (χ3v) is 5.49. The van der Waals surface area contributed by atoms with Crippen LogP contribution in [0.25, 0.3) is 0 Å². The predicted molar refractivity (Wildman–Crippen MR) is 120 cm³/mol. The van der Waals surface area contributed by atoms with Gasteiger partial charge in [-0.15, -0.1) is 0 Å². The minimum absolute atomic E-state index is 0.156. The standard InChI is InChI=1S/C22H33N5O4S/c28-21(29)16-26-12-10-25(9-4-2-1-3-8-23-18-32)11-13-27(17-22(30)31)15-20-7-5-6-19(14-26)24-20/h5-7H,1-4,8-17H2,(H,28,29)(H,30,31)/p-2. The number of carbonyl (C=O) groups is 2. The maximum atomic E-state index is 11.2. The minimum Gasteiger partial charge on any atom is -0.549 e. The molecule has 1 aromatic heterocycles. The zero-order chi connectivity index (χ0) is 23.2. The van der Waals surface area contributed by atoms with Gasteiger partial charge in [-0.3, -0.25) is 14.8 Å². The predicted octanol–water partition coefficient (Wildman–Crippen LogP) is -0.836. The number of aliphatic carboxylic acids is 2. The molecule has 32 heavy (non-hydrogen) atoms. The summed E-state index contributed by atoms with van der Waals surface area (Å²) in [6.07, 6.45) is 4.10. The van der Waals surface area contributed by atoms with Crippen LogP contribution in [0, 0.1) is 0 Å². The monoisotopic (exact) mass is 461 g/mol. The highest BCUT2D eigenvalue weighted by atomic mass is 32.1. The molecule has 176 valence electrons. The number of aromatic nitrogens is 1. The Morgan fingerprint density at radius 2 is 1.44 bits per heavy atom. The molecule has 0 spiro atoms. The molecule has 0 N–H and O–H groups in total. The van der Waals surface area contributed by atoms with Gasteiger partial charge in [-0.1, -0.05) is 18.9 Å². The van der Waals surface area contributed by atoms with Crippen LogP contribution in [-0.4, -0.2) is 89.1 Å². The lowest BCUT2D eigenvalue weighted by Gasteiger charge is -2.31. The molecule has 2 heterocycles. The van der Waals surface area contributed by atoms with Gasteiger partial charge in [0.1, 0.15) is 0 Å². The van der Waals surface area contributed by atoms with Crippen molar-refractivity contribution >= 4 is 29.3 Å². The second-order valence-electron chi connectivity index (χ2n) is 8.01. The highest BCUT2D eigenvalue weighted by molar-refractivity contribution is 7.78. The van der Waals surface area contributed by atoms with E-state index in [0.717, 1.165) is 43.6 Å². The number of unbranched alkanes of at least 4 members (excludes halogenated alkanes) is 3. The molecular formula is C22H31N5O4S-2. The molecule has 0 amide bonds. The average Bonchev–Trinajstić information content (AvgIpc) is 2.73. The largest absolute Gasteiger partial charge is 0.549 e. The minimum atomic E-state index is -1.11. The quantitative estimate of drug-likeness (QED) is 0.236. The lowest BCUT2D eigenvalue weighted by molar-refractivity contribution is -0.307. The van der Waals surface area contributed by atoms with Gasteiger partial charge in [0.25, 0.3) is 0 Å². The maximum Gasteiger partial charge on any atom is 0.0584 e. The number of carboxylic acids is 2. The second-order valence-corrected chi connectivity index (χ2v) is 8.20. The van der Waals surface area contributed by atoms with Gasteiger partial charge in [-0.2, -0.15) is 0 Å². The lowest BCUT2D eigenvalue weighted by atomic mass is 10.2. The molecule has 1 aromatic rings. The highest BCUT2D eigenvalue weighted by Gasteiger charge is 2.16. The van der Waals surface area contributed by atoms with Gasteiger partial charge in [0, 0.05) is 58.9 Å². The molecule has 10 heteroatoms. The Balaban J connectivity index is 2.04. The SMILES string of the molecule is O=C([O-])CN1CCN(CCCCCCN=C=S)CCN(CC(=O)[O-])Cc2cccc(n2)C1. The van der Waals surface area contributed by atoms with Gasteiger partial charge >= 0.3 is 0 Å². The first kappa shape index (κ1) is 26.0. The number of hydrogen-bond donors (Lipinski definition) is 0. The Kier molecular flexibility index (Phi) is 12.0. The zero-order valence-electron chi connectivity index (χ0n) is 18.4. The van der Waals surface area contributed by atoms with E-state index < -0.39 is 11.9 Å². The number of fused-ring (bicyclic) bond motifs is 2. The number of isothiocyanates is 1. The first-order valence-corrected chi connectivity index (χ1v) is 11.4. The smallest absolute Gasteiger partial charge is 0.0584 e. The molecule has 0 aliphatic carbocycles. The van der Waals surface area contributed by atoms with E-state index in [0.29, 0.717) is 45.8 Å². The summed E-state index contributed by atoms with van der Waals surface area (Å²) >= 11 is 4.57. The van der Waals surface area contributed by atoms with Gasteiger partial charge in [0.2, 0.25) is 0 Å². The summed E-state index contributed by atoms with van der Waals surface area (Å²) in [6, 6.07) is 5.57. The van der Waals surface area contributed by atoms with Crippen molar-refractivity contribution in [2.24, 2.45) is 4.99 Å². The lowest BCUT2D eigenvalue weighted by Crippen LogP contribution is -2.45. The molecule has 1 aliphatic heterocycles. The van der Waals surface area contributed by atoms with E-state index in [2.05, 4.69) is 32.3 Å². The first-order valence-electron chi connectivity index (χ1n) is 11.0. The molecule has 2 bridgehead atoms. The van der Waals surface area contributed by atoms with E-state index in [-0.39, 0.29) is 13.1 Å². The average molecular weight is 462 g/mol. The molecular weight excluding hydrogens is 430 g/mol. The topological polar surface area (TPSA) is 115 Å². The van der Waals surface area contributed by atoms with Gasteiger partial charge < -0.3 is 24.7 Å². The van der Waals surface area contributed by atoms with Crippen LogP contribution < -0.4 is 10.2 Å². The highest BCUT2D eigenvalue weighted by Crippen LogP contribution is 2.10. The van der Waals surface area contributed by atoms with Crippen LogP contribution in [0.15, 0.2) is 23.2 Å².